The Morgan fingerprint density at radius 2 is 2.13 bits per heavy atom. The zero-order valence-electron chi connectivity index (χ0n) is 9.75. The highest BCUT2D eigenvalue weighted by molar-refractivity contribution is 5.66. The van der Waals surface area contributed by atoms with Gasteiger partial charge in [0.2, 0.25) is 0 Å². The van der Waals surface area contributed by atoms with E-state index in [1.807, 2.05) is 13.0 Å². The molecule has 0 aromatic carbocycles. The van der Waals surface area contributed by atoms with Crippen molar-refractivity contribution >= 4 is 5.97 Å². The normalized spacial score (nSPS) is 15.6. The minimum atomic E-state index is -0.821. The van der Waals surface area contributed by atoms with Gasteiger partial charge in [-0.25, -0.2) is 0 Å². The summed E-state index contributed by atoms with van der Waals surface area (Å²) in [5.41, 5.74) is 0.170. The lowest BCUT2D eigenvalue weighted by Crippen LogP contribution is -2.19. The maximum atomic E-state index is 10.5. The third-order valence-corrected chi connectivity index (χ3v) is 2.09. The molecule has 0 amide bonds. The van der Waals surface area contributed by atoms with Gasteiger partial charge in [0.15, 0.2) is 0 Å². The first-order chi connectivity index (χ1) is 6.87. The van der Waals surface area contributed by atoms with E-state index in [1.54, 1.807) is 6.92 Å². The number of carbonyl (C=O) groups excluding carboxylic acids is 1. The summed E-state index contributed by atoms with van der Waals surface area (Å²) in [7, 11) is 0. The molecule has 0 aromatic heterocycles. The number of hydrogen-bond acceptors (Lipinski definition) is 3. The number of hydrogen-bond donors (Lipinski definition) is 1. The van der Waals surface area contributed by atoms with Crippen molar-refractivity contribution < 1.29 is 14.6 Å². The summed E-state index contributed by atoms with van der Waals surface area (Å²) in [5, 5.41) is 9.62. The van der Waals surface area contributed by atoms with Crippen molar-refractivity contribution in [3.63, 3.8) is 0 Å². The molecule has 0 saturated heterocycles. The smallest absolute Gasteiger partial charge is 0.302 e. The van der Waals surface area contributed by atoms with Crippen molar-refractivity contribution in [1.29, 1.82) is 0 Å². The van der Waals surface area contributed by atoms with E-state index in [1.165, 1.54) is 13.0 Å². The summed E-state index contributed by atoms with van der Waals surface area (Å²) in [6.07, 6.45) is 4.85. The van der Waals surface area contributed by atoms with Gasteiger partial charge in [0.25, 0.3) is 0 Å². The van der Waals surface area contributed by atoms with Crippen LogP contribution in [-0.2, 0) is 9.53 Å². The van der Waals surface area contributed by atoms with E-state index in [4.69, 9.17) is 4.74 Å². The van der Waals surface area contributed by atoms with Crippen LogP contribution in [-0.4, -0.2) is 23.3 Å². The second-order valence-corrected chi connectivity index (χ2v) is 3.93. The van der Waals surface area contributed by atoms with Crippen molar-refractivity contribution in [2.75, 3.05) is 6.61 Å². The summed E-state index contributed by atoms with van der Waals surface area (Å²) in [6, 6.07) is 0. The first-order valence-corrected chi connectivity index (χ1v) is 5.02. The molecule has 86 valence electrons. The van der Waals surface area contributed by atoms with Crippen molar-refractivity contribution in [2.45, 2.75) is 39.2 Å². The molecule has 3 heteroatoms. The number of carbonyl (C=O) groups is 1. The summed E-state index contributed by atoms with van der Waals surface area (Å²) < 4.78 is 4.82. The molecule has 0 aromatic rings. The molecular formula is C12H20O3. The van der Waals surface area contributed by atoms with Crippen LogP contribution in [0.4, 0.5) is 0 Å². The molecule has 0 aliphatic rings. The largest absolute Gasteiger partial charge is 0.461 e. The van der Waals surface area contributed by atoms with Gasteiger partial charge in [0.1, 0.15) is 6.61 Å². The SMILES string of the molecule is C=CC(C)(O)CCC=C(C)COC(C)=O. The topological polar surface area (TPSA) is 46.5 Å². The van der Waals surface area contributed by atoms with Gasteiger partial charge in [-0.05, 0) is 32.3 Å². The fraction of sp³-hybridized carbons (Fsp3) is 0.583. The monoisotopic (exact) mass is 212 g/mol. The predicted molar refractivity (Wildman–Crippen MR) is 60.4 cm³/mol. The van der Waals surface area contributed by atoms with Gasteiger partial charge in [-0.15, -0.1) is 6.58 Å². The van der Waals surface area contributed by atoms with Gasteiger partial charge in [-0.1, -0.05) is 12.2 Å². The van der Waals surface area contributed by atoms with Crippen LogP contribution in [0.3, 0.4) is 0 Å². The lowest BCUT2D eigenvalue weighted by Gasteiger charge is -2.16. The van der Waals surface area contributed by atoms with Crippen LogP contribution in [0.2, 0.25) is 0 Å². The number of allylic oxidation sites excluding steroid dienone is 1. The van der Waals surface area contributed by atoms with Gasteiger partial charge in [0.05, 0.1) is 5.60 Å². The number of esters is 1. The highest BCUT2D eigenvalue weighted by Gasteiger charge is 2.13. The Kier molecular flexibility index (Phi) is 5.94. The highest BCUT2D eigenvalue weighted by Crippen LogP contribution is 2.13. The standard InChI is InChI=1S/C12H20O3/c1-5-12(4,14)8-6-7-10(2)9-15-11(3)13/h5,7,14H,1,6,8-9H2,2-4H3. The Balaban J connectivity index is 3.86. The van der Waals surface area contributed by atoms with Gasteiger partial charge in [-0.2, -0.15) is 0 Å². The van der Waals surface area contributed by atoms with E-state index >= 15 is 0 Å². The Labute approximate surface area is 91.4 Å². The first kappa shape index (κ1) is 13.9. The maximum absolute atomic E-state index is 10.5. The van der Waals surface area contributed by atoms with E-state index in [9.17, 15) is 9.90 Å². The quantitative estimate of drug-likeness (QED) is 0.542. The first-order valence-electron chi connectivity index (χ1n) is 5.02. The summed E-state index contributed by atoms with van der Waals surface area (Å²) in [6.45, 7) is 8.87. The minimum absolute atomic E-state index is 0.277. The van der Waals surface area contributed by atoms with Crippen LogP contribution in [0.5, 0.6) is 0 Å². The molecule has 0 saturated carbocycles. The molecule has 0 bridgehead atoms. The molecular weight excluding hydrogens is 192 g/mol. The molecule has 1 atom stereocenters. The van der Waals surface area contributed by atoms with Crippen molar-refractivity contribution in [2.24, 2.45) is 0 Å². The Hall–Kier alpha value is -1.09. The van der Waals surface area contributed by atoms with Crippen LogP contribution in [0, 0.1) is 0 Å². The molecule has 0 aliphatic carbocycles. The molecule has 0 radical (unpaired) electrons. The maximum Gasteiger partial charge on any atom is 0.302 e. The molecule has 0 fully saturated rings. The van der Waals surface area contributed by atoms with Crippen molar-refractivity contribution in [3.8, 4) is 0 Å². The van der Waals surface area contributed by atoms with E-state index in [-0.39, 0.29) is 5.97 Å². The second-order valence-electron chi connectivity index (χ2n) is 3.93. The molecule has 0 aliphatic heterocycles. The molecule has 1 unspecified atom stereocenters. The van der Waals surface area contributed by atoms with Crippen LogP contribution in [0.15, 0.2) is 24.3 Å². The lowest BCUT2D eigenvalue weighted by atomic mass is 10.00. The van der Waals surface area contributed by atoms with Crippen molar-refractivity contribution in [1.82, 2.24) is 0 Å². The second kappa shape index (κ2) is 6.40. The van der Waals surface area contributed by atoms with E-state index in [2.05, 4.69) is 6.58 Å². The number of ether oxygens (including phenoxy) is 1. The van der Waals surface area contributed by atoms with Crippen LogP contribution in [0.25, 0.3) is 0 Å². The average Bonchev–Trinajstić information content (AvgIpc) is 2.14. The Bertz CT molecular complexity index is 252. The fourth-order valence-corrected chi connectivity index (χ4v) is 0.987. The predicted octanol–water partition coefficient (Wildman–Crippen LogP) is 2.21. The number of rotatable bonds is 6. The number of aliphatic hydroxyl groups is 1. The molecule has 1 N–H and O–H groups in total. The van der Waals surface area contributed by atoms with Crippen LogP contribution < -0.4 is 0 Å². The molecule has 0 rings (SSSR count). The summed E-state index contributed by atoms with van der Waals surface area (Å²) in [4.78, 5) is 10.5. The van der Waals surface area contributed by atoms with Gasteiger partial charge < -0.3 is 9.84 Å². The van der Waals surface area contributed by atoms with Crippen molar-refractivity contribution in [3.05, 3.63) is 24.3 Å². The van der Waals surface area contributed by atoms with E-state index in [0.717, 1.165) is 12.0 Å². The molecule has 0 heterocycles. The van der Waals surface area contributed by atoms with Gasteiger partial charge in [0, 0.05) is 6.92 Å². The molecule has 3 nitrogen and oxygen atoms in total. The summed E-state index contributed by atoms with van der Waals surface area (Å²) in [5.74, 6) is -0.277. The molecule has 0 spiro atoms. The zero-order chi connectivity index (χ0) is 11.9. The van der Waals surface area contributed by atoms with E-state index < -0.39 is 5.60 Å². The zero-order valence-corrected chi connectivity index (χ0v) is 9.75. The van der Waals surface area contributed by atoms with Crippen LogP contribution >= 0.6 is 0 Å². The third kappa shape index (κ3) is 7.94. The Morgan fingerprint density at radius 1 is 1.53 bits per heavy atom. The lowest BCUT2D eigenvalue weighted by molar-refractivity contribution is -0.139. The van der Waals surface area contributed by atoms with Gasteiger partial charge in [-0.3, -0.25) is 4.79 Å². The Morgan fingerprint density at radius 3 is 2.60 bits per heavy atom. The van der Waals surface area contributed by atoms with E-state index in [0.29, 0.717) is 13.0 Å². The highest BCUT2D eigenvalue weighted by atomic mass is 16.5. The average molecular weight is 212 g/mol. The molecule has 15 heavy (non-hydrogen) atoms. The summed E-state index contributed by atoms with van der Waals surface area (Å²) >= 11 is 0. The van der Waals surface area contributed by atoms with Crippen LogP contribution in [0.1, 0.15) is 33.6 Å². The minimum Gasteiger partial charge on any atom is -0.461 e. The fourth-order valence-electron chi connectivity index (χ4n) is 0.987. The third-order valence-electron chi connectivity index (χ3n) is 2.09. The van der Waals surface area contributed by atoms with Gasteiger partial charge >= 0.3 is 5.97 Å².